The van der Waals surface area contributed by atoms with Crippen LogP contribution >= 0.6 is 0 Å². The first-order chi connectivity index (χ1) is 7.29. The van der Waals surface area contributed by atoms with Gasteiger partial charge >= 0.3 is 0 Å². The van der Waals surface area contributed by atoms with Gasteiger partial charge < -0.3 is 5.73 Å². The molecule has 2 aliphatic carbocycles. The quantitative estimate of drug-likeness (QED) is 0.687. The third-order valence-corrected chi connectivity index (χ3v) is 4.44. The van der Waals surface area contributed by atoms with Gasteiger partial charge in [-0.15, -0.1) is 0 Å². The van der Waals surface area contributed by atoms with Crippen LogP contribution in [0.2, 0.25) is 0 Å². The molecule has 15 heavy (non-hydrogen) atoms. The van der Waals surface area contributed by atoms with Crippen molar-refractivity contribution in [3.63, 3.8) is 0 Å². The fraction of sp³-hybridized carbons (Fsp3) is 0.857. The molecule has 1 saturated carbocycles. The molecule has 86 valence electrons. The van der Waals surface area contributed by atoms with Crippen LogP contribution in [0, 0.1) is 11.8 Å². The fourth-order valence-corrected chi connectivity index (χ4v) is 3.19. The van der Waals surface area contributed by atoms with Crippen LogP contribution in [0.4, 0.5) is 0 Å². The molecule has 1 unspecified atom stereocenters. The number of nitrogens with two attached hydrogens (primary N) is 1. The molecule has 2 rings (SSSR count). The van der Waals surface area contributed by atoms with Crippen LogP contribution < -0.4 is 5.73 Å². The van der Waals surface area contributed by atoms with Gasteiger partial charge in [-0.05, 0) is 56.8 Å². The van der Waals surface area contributed by atoms with Gasteiger partial charge in [0.05, 0.1) is 0 Å². The van der Waals surface area contributed by atoms with Gasteiger partial charge in [-0.1, -0.05) is 25.0 Å². The summed E-state index contributed by atoms with van der Waals surface area (Å²) < 4.78 is 0. The van der Waals surface area contributed by atoms with E-state index in [2.05, 4.69) is 13.0 Å². The highest BCUT2D eigenvalue weighted by molar-refractivity contribution is 5.12. The van der Waals surface area contributed by atoms with E-state index in [0.29, 0.717) is 6.04 Å². The van der Waals surface area contributed by atoms with Crippen LogP contribution in [0.15, 0.2) is 11.6 Å². The molecular weight excluding hydrogens is 182 g/mol. The average Bonchev–Trinajstić information content (AvgIpc) is 2.30. The second-order valence-corrected chi connectivity index (χ2v) is 5.44. The van der Waals surface area contributed by atoms with E-state index >= 15 is 0 Å². The Bertz CT molecular complexity index is 223. The molecule has 0 amide bonds. The average molecular weight is 207 g/mol. The van der Waals surface area contributed by atoms with Crippen molar-refractivity contribution >= 4 is 0 Å². The van der Waals surface area contributed by atoms with Crippen molar-refractivity contribution in [1.82, 2.24) is 0 Å². The minimum Gasteiger partial charge on any atom is -0.327 e. The number of hydrogen-bond donors (Lipinski definition) is 1. The molecule has 1 fully saturated rings. The molecule has 1 nitrogen and oxygen atoms in total. The summed E-state index contributed by atoms with van der Waals surface area (Å²) >= 11 is 0. The molecule has 2 N–H and O–H groups in total. The molecule has 0 heterocycles. The lowest BCUT2D eigenvalue weighted by Crippen LogP contribution is -2.24. The predicted octanol–water partition coefficient (Wildman–Crippen LogP) is 3.64. The van der Waals surface area contributed by atoms with E-state index in [1.807, 2.05) is 0 Å². The van der Waals surface area contributed by atoms with Crippen molar-refractivity contribution in [1.29, 1.82) is 0 Å². The van der Waals surface area contributed by atoms with Crippen molar-refractivity contribution in [2.45, 2.75) is 64.3 Å². The zero-order valence-electron chi connectivity index (χ0n) is 10.0. The third-order valence-electron chi connectivity index (χ3n) is 4.44. The van der Waals surface area contributed by atoms with E-state index in [4.69, 9.17) is 5.73 Å². The van der Waals surface area contributed by atoms with Crippen molar-refractivity contribution in [3.05, 3.63) is 11.6 Å². The third kappa shape index (κ3) is 2.84. The molecule has 0 bridgehead atoms. The molecule has 0 aliphatic heterocycles. The molecule has 1 atom stereocenters. The Morgan fingerprint density at radius 3 is 2.47 bits per heavy atom. The molecule has 2 aliphatic rings. The first-order valence-corrected chi connectivity index (χ1v) is 6.74. The SMILES string of the molecule is CCC1CCC(C2=CCC(N)CC2)CC1. The maximum Gasteiger partial charge on any atom is 0.00765 e. The zero-order valence-corrected chi connectivity index (χ0v) is 10.0. The van der Waals surface area contributed by atoms with Gasteiger partial charge in [-0.3, -0.25) is 0 Å². The molecule has 1 heteroatoms. The highest BCUT2D eigenvalue weighted by atomic mass is 14.6. The van der Waals surface area contributed by atoms with Gasteiger partial charge in [0.25, 0.3) is 0 Å². The summed E-state index contributed by atoms with van der Waals surface area (Å²) in [7, 11) is 0. The van der Waals surface area contributed by atoms with Gasteiger partial charge in [-0.2, -0.15) is 0 Å². The second-order valence-electron chi connectivity index (χ2n) is 5.44. The van der Waals surface area contributed by atoms with Crippen molar-refractivity contribution < 1.29 is 0 Å². The smallest absolute Gasteiger partial charge is 0.00765 e. The monoisotopic (exact) mass is 207 g/mol. The summed E-state index contributed by atoms with van der Waals surface area (Å²) in [6, 6.07) is 0.445. The van der Waals surface area contributed by atoms with Crippen molar-refractivity contribution in [3.8, 4) is 0 Å². The van der Waals surface area contributed by atoms with Crippen LogP contribution in [-0.4, -0.2) is 6.04 Å². The standard InChI is InChI=1S/C14H25N/c1-2-11-3-5-12(6-4-11)13-7-9-14(15)10-8-13/h7,11-12,14H,2-6,8-10,15H2,1H3. The Hall–Kier alpha value is -0.300. The summed E-state index contributed by atoms with van der Waals surface area (Å²) in [5.41, 5.74) is 7.67. The Morgan fingerprint density at radius 1 is 1.20 bits per heavy atom. The van der Waals surface area contributed by atoms with Crippen molar-refractivity contribution in [2.75, 3.05) is 0 Å². The number of hydrogen-bond acceptors (Lipinski definition) is 1. The summed E-state index contributed by atoms with van der Waals surface area (Å²) in [6.07, 6.45) is 13.3. The van der Waals surface area contributed by atoms with E-state index in [0.717, 1.165) is 18.3 Å². The van der Waals surface area contributed by atoms with Gasteiger partial charge in [0.15, 0.2) is 0 Å². The number of allylic oxidation sites excluding steroid dienone is 1. The van der Waals surface area contributed by atoms with Gasteiger partial charge in [0, 0.05) is 6.04 Å². The topological polar surface area (TPSA) is 26.0 Å². The van der Waals surface area contributed by atoms with E-state index in [1.54, 1.807) is 5.57 Å². The van der Waals surface area contributed by atoms with Crippen LogP contribution in [0.1, 0.15) is 58.3 Å². The highest BCUT2D eigenvalue weighted by Crippen LogP contribution is 2.37. The molecular formula is C14H25N. The fourth-order valence-electron chi connectivity index (χ4n) is 3.19. The molecule has 0 aromatic heterocycles. The van der Waals surface area contributed by atoms with Gasteiger partial charge in [-0.25, -0.2) is 0 Å². The number of rotatable bonds is 2. The van der Waals surface area contributed by atoms with E-state index in [1.165, 1.54) is 44.9 Å². The van der Waals surface area contributed by atoms with Gasteiger partial charge in [0.2, 0.25) is 0 Å². The molecule has 0 spiro atoms. The lowest BCUT2D eigenvalue weighted by atomic mass is 9.75. The zero-order chi connectivity index (χ0) is 10.7. The Morgan fingerprint density at radius 2 is 1.93 bits per heavy atom. The van der Waals surface area contributed by atoms with Crippen LogP contribution in [0.25, 0.3) is 0 Å². The van der Waals surface area contributed by atoms with E-state index < -0.39 is 0 Å². The summed E-state index contributed by atoms with van der Waals surface area (Å²) in [5, 5.41) is 0. The van der Waals surface area contributed by atoms with E-state index in [-0.39, 0.29) is 0 Å². The first-order valence-electron chi connectivity index (χ1n) is 6.74. The van der Waals surface area contributed by atoms with Crippen LogP contribution in [-0.2, 0) is 0 Å². The lowest BCUT2D eigenvalue weighted by Gasteiger charge is -2.32. The molecule has 0 radical (unpaired) electrons. The molecule has 0 aromatic carbocycles. The normalized spacial score (nSPS) is 37.5. The molecule has 0 saturated heterocycles. The Labute approximate surface area is 94.1 Å². The predicted molar refractivity (Wildman–Crippen MR) is 65.6 cm³/mol. The first kappa shape index (κ1) is 11.2. The Balaban J connectivity index is 1.85. The minimum absolute atomic E-state index is 0.445. The highest BCUT2D eigenvalue weighted by Gasteiger charge is 2.24. The summed E-state index contributed by atoms with van der Waals surface area (Å²) in [4.78, 5) is 0. The summed E-state index contributed by atoms with van der Waals surface area (Å²) in [6.45, 7) is 2.34. The maximum atomic E-state index is 5.93. The maximum absolute atomic E-state index is 5.93. The van der Waals surface area contributed by atoms with Crippen LogP contribution in [0.3, 0.4) is 0 Å². The lowest BCUT2D eigenvalue weighted by molar-refractivity contribution is 0.287. The second kappa shape index (κ2) is 5.16. The van der Waals surface area contributed by atoms with Gasteiger partial charge in [0.1, 0.15) is 0 Å². The van der Waals surface area contributed by atoms with E-state index in [9.17, 15) is 0 Å². The molecule has 0 aromatic rings. The van der Waals surface area contributed by atoms with Crippen molar-refractivity contribution in [2.24, 2.45) is 17.6 Å². The van der Waals surface area contributed by atoms with Crippen LogP contribution in [0.5, 0.6) is 0 Å². The Kier molecular flexibility index (Phi) is 3.85. The summed E-state index contributed by atoms with van der Waals surface area (Å²) in [5.74, 6) is 1.94. The largest absolute Gasteiger partial charge is 0.327 e. The minimum atomic E-state index is 0.445.